The minimum Gasteiger partial charge on any atom is -0.631 e. The molecule has 1 nitrogen and oxygen atoms in total. The first kappa shape index (κ1) is 36.5. The van der Waals surface area contributed by atoms with Gasteiger partial charge in [-0.3, -0.25) is 0 Å². The van der Waals surface area contributed by atoms with E-state index in [0.717, 1.165) is 0 Å². The molecule has 0 aliphatic carbocycles. The zero-order valence-electron chi connectivity index (χ0n) is 4.27. The van der Waals surface area contributed by atoms with Crippen molar-refractivity contribution in [3.05, 3.63) is 7.43 Å². The van der Waals surface area contributed by atoms with Crippen molar-refractivity contribution in [1.82, 2.24) is 0 Å². The van der Waals surface area contributed by atoms with Gasteiger partial charge in [0.05, 0.1) is 13.0 Å². The van der Waals surface area contributed by atoms with Gasteiger partial charge in [-0.15, -0.1) is 0 Å². The van der Waals surface area contributed by atoms with E-state index in [2.05, 4.69) is 6.30 Å². The molecule has 48 valence electrons. The third kappa shape index (κ3) is 298. The summed E-state index contributed by atoms with van der Waals surface area (Å²) in [6, 6.07) is 0. The molecule has 1 unspecified atom stereocenters. The molecule has 0 aliphatic heterocycles. The van der Waals surface area contributed by atoms with E-state index in [4.69, 9.17) is 0 Å². The first-order valence-electron chi connectivity index (χ1n) is 0.946. The summed E-state index contributed by atoms with van der Waals surface area (Å²) in [5.74, 6) is 0. The Hall–Kier alpha value is 0.896. The monoisotopic (exact) mass is 147 g/mol. The molecular formula is C5H16MgOP+. The maximum atomic E-state index is 9.48. The Morgan fingerprint density at radius 3 is 1.38 bits per heavy atom. The van der Waals surface area contributed by atoms with E-state index in [1.165, 1.54) is 0 Å². The van der Waals surface area contributed by atoms with Crippen molar-refractivity contribution >= 4 is 37.1 Å². The van der Waals surface area contributed by atoms with Gasteiger partial charge in [-0.2, -0.15) is 0 Å². The van der Waals surface area contributed by atoms with Crippen molar-refractivity contribution < 1.29 is 4.89 Å². The van der Waals surface area contributed by atoms with E-state index in [0.29, 0.717) is 0 Å². The van der Waals surface area contributed by atoms with Gasteiger partial charge in [-0.25, -0.2) is 0 Å². The van der Waals surface area contributed by atoms with Crippen LogP contribution in [-0.2, 0) is 0 Å². The molecule has 8 heavy (non-hydrogen) atoms. The molecule has 0 saturated carbocycles. The fraction of sp³-hybridized carbons (Fsp3) is 0.600. The predicted octanol–water partition coefficient (Wildman–Crippen LogP) is 1.15. The molecule has 0 bridgehead atoms. The Bertz CT molecular complexity index is 35.4. The van der Waals surface area contributed by atoms with Crippen LogP contribution in [0.2, 0.25) is 0 Å². The molecule has 0 radical (unpaired) electrons. The molecule has 1 atom stereocenters. The quantitative estimate of drug-likeness (QED) is 0.286. The number of hydrogen-bond donors (Lipinski definition) is 0. The van der Waals surface area contributed by atoms with Gasteiger partial charge in [-0.1, -0.05) is 14.9 Å². The molecule has 0 saturated heterocycles. The summed E-state index contributed by atoms with van der Waals surface area (Å²) in [7, 11) is -1.12. The standard InChI is InChI=1S/C2H5OP.2CH4.CH3.Mg/c1-4(2)3;;;;/h1H2,2H3;2*1H4;1H3;/q;;;-1;+2. The molecule has 0 N–H and O–H groups in total. The second-order valence-corrected chi connectivity index (χ2v) is 1.88. The largest absolute Gasteiger partial charge is 2.00 e. The van der Waals surface area contributed by atoms with E-state index in [9.17, 15) is 4.89 Å². The van der Waals surface area contributed by atoms with Gasteiger partial charge in [0.2, 0.25) is 0 Å². The maximum Gasteiger partial charge on any atom is 2.00 e. The molecule has 0 aromatic carbocycles. The van der Waals surface area contributed by atoms with E-state index < -0.39 is 7.77 Å². The summed E-state index contributed by atoms with van der Waals surface area (Å²) in [5, 5.41) is 0. The zero-order chi connectivity index (χ0) is 3.58. The summed E-state index contributed by atoms with van der Waals surface area (Å²) in [5.41, 5.74) is 0. The van der Waals surface area contributed by atoms with E-state index in [1.54, 1.807) is 6.66 Å². The first-order valence-corrected chi connectivity index (χ1v) is 2.84. The second kappa shape index (κ2) is 24.7. The van der Waals surface area contributed by atoms with Gasteiger partial charge >= 0.3 is 23.1 Å². The molecule has 0 spiro atoms. The van der Waals surface area contributed by atoms with Crippen molar-refractivity contribution in [3.63, 3.8) is 0 Å². The zero-order valence-corrected chi connectivity index (χ0v) is 6.58. The van der Waals surface area contributed by atoms with Crippen molar-refractivity contribution in [2.45, 2.75) is 14.9 Å². The summed E-state index contributed by atoms with van der Waals surface area (Å²) in [6.45, 7) is 1.56. The van der Waals surface area contributed by atoms with Crippen LogP contribution in [0.3, 0.4) is 0 Å². The minimum absolute atomic E-state index is 0. The summed E-state index contributed by atoms with van der Waals surface area (Å²) >= 11 is 0. The van der Waals surface area contributed by atoms with Crippen LogP contribution in [0.1, 0.15) is 14.9 Å². The number of rotatable bonds is 0. The van der Waals surface area contributed by atoms with Crippen LogP contribution in [0.15, 0.2) is 0 Å². The maximum absolute atomic E-state index is 9.48. The fourth-order valence-electron chi connectivity index (χ4n) is 0. The minimum atomic E-state index is -1.12. The average molecular weight is 147 g/mol. The predicted molar refractivity (Wildman–Crippen MR) is 45.6 cm³/mol. The van der Waals surface area contributed by atoms with Crippen LogP contribution in [0.4, 0.5) is 0 Å². The van der Waals surface area contributed by atoms with Gasteiger partial charge in [0.15, 0.2) is 0 Å². The second-order valence-electron chi connectivity index (χ2n) is 0.628. The van der Waals surface area contributed by atoms with Crippen molar-refractivity contribution in [1.29, 1.82) is 0 Å². The van der Waals surface area contributed by atoms with Gasteiger partial charge < -0.3 is 12.3 Å². The van der Waals surface area contributed by atoms with Crippen molar-refractivity contribution in [2.75, 3.05) is 6.66 Å². The van der Waals surface area contributed by atoms with Crippen molar-refractivity contribution in [2.24, 2.45) is 0 Å². The van der Waals surface area contributed by atoms with Gasteiger partial charge in [0, 0.05) is 7.77 Å². The summed E-state index contributed by atoms with van der Waals surface area (Å²) in [6.07, 6.45) is 3.15. The molecule has 0 aliphatic rings. The van der Waals surface area contributed by atoms with Gasteiger partial charge in [0.25, 0.3) is 0 Å². The smallest absolute Gasteiger partial charge is 0.631 e. The molecule has 0 rings (SSSR count). The van der Waals surface area contributed by atoms with Gasteiger partial charge in [0.1, 0.15) is 0 Å². The molecular weight excluding hydrogens is 131 g/mol. The molecule has 0 aromatic rings. The fourth-order valence-corrected chi connectivity index (χ4v) is 0. The number of hydrogen-bond acceptors (Lipinski definition) is 1. The topological polar surface area (TPSA) is 23.1 Å². The van der Waals surface area contributed by atoms with Crippen LogP contribution >= 0.6 is 7.77 Å². The Balaban J connectivity index is -0.00000000750. The Morgan fingerprint density at radius 2 is 1.38 bits per heavy atom. The van der Waals surface area contributed by atoms with Crippen molar-refractivity contribution in [3.8, 4) is 0 Å². The van der Waals surface area contributed by atoms with Crippen LogP contribution < -0.4 is 4.89 Å². The normalized spacial score (nSPS) is 5.50. The Kier molecular flexibility index (Phi) is 113. The molecule has 3 heteroatoms. The molecule has 0 heterocycles. The third-order valence-electron chi connectivity index (χ3n) is 0. The third-order valence-corrected chi connectivity index (χ3v) is 0. The van der Waals surface area contributed by atoms with E-state index in [-0.39, 0.29) is 45.3 Å². The van der Waals surface area contributed by atoms with Gasteiger partial charge in [-0.05, 0) is 0 Å². The SMILES string of the molecule is C.C.C=[P+](C)[O-].[CH3-].[Mg+2]. The van der Waals surface area contributed by atoms with Crippen LogP contribution in [0, 0.1) is 7.43 Å². The average Bonchev–Trinajstić information content (AvgIpc) is 0.811. The van der Waals surface area contributed by atoms with Crippen LogP contribution in [0.5, 0.6) is 0 Å². The van der Waals surface area contributed by atoms with Crippen LogP contribution in [-0.4, -0.2) is 36.0 Å². The van der Waals surface area contributed by atoms with E-state index >= 15 is 0 Å². The molecule has 0 fully saturated rings. The Labute approximate surface area is 71.1 Å². The van der Waals surface area contributed by atoms with Crippen LogP contribution in [0.25, 0.3) is 0 Å². The molecule has 0 amide bonds. The molecule has 0 aromatic heterocycles. The first-order chi connectivity index (χ1) is 1.73. The summed E-state index contributed by atoms with van der Waals surface area (Å²) in [4.78, 5) is 9.48. The Morgan fingerprint density at radius 1 is 1.38 bits per heavy atom. The summed E-state index contributed by atoms with van der Waals surface area (Å²) < 4.78 is 0. The van der Waals surface area contributed by atoms with E-state index in [1.807, 2.05) is 0 Å².